The van der Waals surface area contributed by atoms with Gasteiger partial charge in [0.15, 0.2) is 5.69 Å². The maximum Gasteiger partial charge on any atom is 0.278 e. The number of aryl methyl sites for hydroxylation is 1. The topological polar surface area (TPSA) is 55.1 Å². The smallest absolute Gasteiger partial charge is 0.278 e. The molecule has 0 aliphatic heterocycles. The zero-order valence-corrected chi connectivity index (χ0v) is 11.2. The van der Waals surface area contributed by atoms with Crippen LogP contribution in [0.15, 0.2) is 33.3 Å². The number of amides is 1. The van der Waals surface area contributed by atoms with Crippen LogP contribution in [0, 0.1) is 0 Å². The second kappa shape index (κ2) is 4.57. The Morgan fingerprint density at radius 2 is 2.06 bits per heavy atom. The average Bonchev–Trinajstić information content (AvgIpc) is 2.93. The fourth-order valence-corrected chi connectivity index (χ4v) is 2.39. The number of aromatic nitrogens is 1. The van der Waals surface area contributed by atoms with Crippen molar-refractivity contribution >= 4 is 27.5 Å². The molecule has 5 heteroatoms. The summed E-state index contributed by atoms with van der Waals surface area (Å²) in [5.74, 6) is 0.653. The van der Waals surface area contributed by atoms with E-state index in [0.717, 1.165) is 40.7 Å². The van der Waals surface area contributed by atoms with Gasteiger partial charge in [0.05, 0.1) is 0 Å². The van der Waals surface area contributed by atoms with Gasteiger partial charge < -0.3 is 9.84 Å². The summed E-state index contributed by atoms with van der Waals surface area (Å²) in [6.45, 7) is 0. The molecule has 0 saturated carbocycles. The summed E-state index contributed by atoms with van der Waals surface area (Å²) in [6.07, 6.45) is 2.80. The molecule has 1 aromatic heterocycles. The monoisotopic (exact) mass is 306 g/mol. The molecule has 18 heavy (non-hydrogen) atoms. The number of fused-ring (bicyclic) bond motifs is 1. The van der Waals surface area contributed by atoms with E-state index in [-0.39, 0.29) is 5.91 Å². The van der Waals surface area contributed by atoms with Crippen LogP contribution in [0.5, 0.6) is 0 Å². The van der Waals surface area contributed by atoms with Crippen LogP contribution in [-0.2, 0) is 12.8 Å². The standard InChI is InChI=1S/C13H11BrN2O2/c14-8-4-6-9(7-5-8)15-13(17)12-10-2-1-3-11(10)18-16-12/h4-7H,1-3H2,(H,15,17). The minimum Gasteiger partial charge on any atom is -0.360 e. The van der Waals surface area contributed by atoms with Gasteiger partial charge in [-0.25, -0.2) is 0 Å². The van der Waals surface area contributed by atoms with E-state index >= 15 is 0 Å². The molecule has 1 aliphatic rings. The van der Waals surface area contributed by atoms with Crippen LogP contribution in [0.4, 0.5) is 5.69 Å². The molecule has 0 saturated heterocycles. The number of nitrogens with zero attached hydrogens (tertiary/aromatic N) is 1. The summed E-state index contributed by atoms with van der Waals surface area (Å²) in [5.41, 5.74) is 2.13. The maximum atomic E-state index is 12.1. The van der Waals surface area contributed by atoms with Crippen LogP contribution in [-0.4, -0.2) is 11.1 Å². The minimum absolute atomic E-state index is 0.204. The predicted molar refractivity (Wildman–Crippen MR) is 70.6 cm³/mol. The Kier molecular flexibility index (Phi) is 2.91. The van der Waals surface area contributed by atoms with E-state index in [0.29, 0.717) is 5.69 Å². The van der Waals surface area contributed by atoms with Crippen molar-refractivity contribution in [1.29, 1.82) is 0 Å². The van der Waals surface area contributed by atoms with Crippen LogP contribution in [0.3, 0.4) is 0 Å². The highest BCUT2D eigenvalue weighted by atomic mass is 79.9. The third-order valence-electron chi connectivity index (χ3n) is 3.02. The first-order chi connectivity index (χ1) is 8.74. The van der Waals surface area contributed by atoms with E-state index in [2.05, 4.69) is 26.4 Å². The molecule has 1 aromatic carbocycles. The van der Waals surface area contributed by atoms with Crippen molar-refractivity contribution in [2.45, 2.75) is 19.3 Å². The lowest BCUT2D eigenvalue weighted by atomic mass is 10.2. The second-order valence-corrected chi connectivity index (χ2v) is 5.16. The van der Waals surface area contributed by atoms with Gasteiger partial charge in [0.25, 0.3) is 5.91 Å². The van der Waals surface area contributed by atoms with Gasteiger partial charge in [-0.1, -0.05) is 21.1 Å². The Balaban J connectivity index is 1.80. The molecule has 1 N–H and O–H groups in total. The van der Waals surface area contributed by atoms with Crippen molar-refractivity contribution in [1.82, 2.24) is 5.16 Å². The molecule has 0 fully saturated rings. The maximum absolute atomic E-state index is 12.1. The quantitative estimate of drug-likeness (QED) is 0.927. The normalized spacial score (nSPS) is 13.4. The molecule has 0 bridgehead atoms. The molecule has 92 valence electrons. The lowest BCUT2D eigenvalue weighted by Crippen LogP contribution is -2.14. The molecule has 0 atom stereocenters. The number of hydrogen-bond donors (Lipinski definition) is 1. The van der Waals surface area contributed by atoms with Gasteiger partial charge in [-0.2, -0.15) is 0 Å². The molecular weight excluding hydrogens is 296 g/mol. The molecule has 0 unspecified atom stereocenters. The number of halogens is 1. The molecule has 2 aromatic rings. The van der Waals surface area contributed by atoms with E-state index in [1.165, 1.54) is 0 Å². The number of anilines is 1. The third kappa shape index (κ3) is 2.06. The van der Waals surface area contributed by atoms with Gasteiger partial charge >= 0.3 is 0 Å². The summed E-state index contributed by atoms with van der Waals surface area (Å²) >= 11 is 3.35. The Bertz CT molecular complexity index is 590. The van der Waals surface area contributed by atoms with E-state index in [9.17, 15) is 4.79 Å². The molecule has 0 radical (unpaired) electrons. The molecule has 0 spiro atoms. The van der Waals surface area contributed by atoms with Gasteiger partial charge in [0.2, 0.25) is 0 Å². The van der Waals surface area contributed by atoms with E-state index in [1.54, 1.807) is 0 Å². The Labute approximate surface area is 112 Å². The molecule has 4 nitrogen and oxygen atoms in total. The summed E-state index contributed by atoms with van der Waals surface area (Å²) in [4.78, 5) is 12.1. The summed E-state index contributed by atoms with van der Waals surface area (Å²) < 4.78 is 6.14. The van der Waals surface area contributed by atoms with Gasteiger partial charge in [-0.05, 0) is 37.1 Å². The highest BCUT2D eigenvalue weighted by molar-refractivity contribution is 9.10. The van der Waals surface area contributed by atoms with Crippen molar-refractivity contribution in [3.8, 4) is 0 Å². The number of carbonyl (C=O) groups is 1. The average molecular weight is 307 g/mol. The Morgan fingerprint density at radius 3 is 2.83 bits per heavy atom. The lowest BCUT2D eigenvalue weighted by molar-refractivity contribution is 0.101. The molecule has 1 amide bonds. The van der Waals surface area contributed by atoms with Gasteiger partial charge in [0, 0.05) is 22.1 Å². The van der Waals surface area contributed by atoms with Gasteiger partial charge in [0.1, 0.15) is 5.76 Å². The van der Waals surface area contributed by atoms with Crippen LogP contribution in [0.1, 0.15) is 28.2 Å². The minimum atomic E-state index is -0.204. The fraction of sp³-hybridized carbons (Fsp3) is 0.231. The van der Waals surface area contributed by atoms with Crippen molar-refractivity contribution < 1.29 is 9.32 Å². The summed E-state index contributed by atoms with van der Waals surface area (Å²) in [7, 11) is 0. The first-order valence-corrected chi connectivity index (χ1v) is 6.57. The number of hydrogen-bond acceptors (Lipinski definition) is 3. The molecular formula is C13H11BrN2O2. The number of nitrogens with one attached hydrogen (secondary N) is 1. The van der Waals surface area contributed by atoms with Crippen molar-refractivity contribution in [2.24, 2.45) is 0 Å². The van der Waals surface area contributed by atoms with Crippen molar-refractivity contribution in [3.63, 3.8) is 0 Å². The number of rotatable bonds is 2. The van der Waals surface area contributed by atoms with Crippen molar-refractivity contribution in [3.05, 3.63) is 45.8 Å². The highest BCUT2D eigenvalue weighted by Crippen LogP contribution is 2.25. The summed E-state index contributed by atoms with van der Waals surface area (Å²) in [5, 5.41) is 6.67. The Hall–Kier alpha value is -1.62. The van der Waals surface area contributed by atoms with E-state index < -0.39 is 0 Å². The molecule has 1 heterocycles. The molecule has 3 rings (SSSR count). The SMILES string of the molecule is O=C(Nc1ccc(Br)cc1)c1noc2c1CCC2. The van der Waals surface area contributed by atoms with Crippen molar-refractivity contribution in [2.75, 3.05) is 5.32 Å². The highest BCUT2D eigenvalue weighted by Gasteiger charge is 2.25. The zero-order chi connectivity index (χ0) is 12.5. The van der Waals surface area contributed by atoms with E-state index in [4.69, 9.17) is 4.52 Å². The number of benzene rings is 1. The third-order valence-corrected chi connectivity index (χ3v) is 3.55. The largest absolute Gasteiger partial charge is 0.360 e. The van der Waals surface area contributed by atoms with Crippen LogP contribution < -0.4 is 5.32 Å². The van der Waals surface area contributed by atoms with E-state index in [1.807, 2.05) is 24.3 Å². The van der Waals surface area contributed by atoms with Gasteiger partial charge in [-0.3, -0.25) is 4.79 Å². The van der Waals surface area contributed by atoms with Crippen LogP contribution in [0.2, 0.25) is 0 Å². The predicted octanol–water partition coefficient (Wildman–Crippen LogP) is 3.18. The number of carbonyl (C=O) groups excluding carboxylic acids is 1. The molecule has 1 aliphatic carbocycles. The first kappa shape index (κ1) is 11.5. The fourth-order valence-electron chi connectivity index (χ4n) is 2.13. The lowest BCUT2D eigenvalue weighted by Gasteiger charge is -2.03. The van der Waals surface area contributed by atoms with Gasteiger partial charge in [-0.15, -0.1) is 0 Å². The second-order valence-electron chi connectivity index (χ2n) is 4.25. The summed E-state index contributed by atoms with van der Waals surface area (Å²) in [6, 6.07) is 7.43. The Morgan fingerprint density at radius 1 is 1.28 bits per heavy atom. The van der Waals surface area contributed by atoms with Crippen LogP contribution >= 0.6 is 15.9 Å². The van der Waals surface area contributed by atoms with Crippen LogP contribution in [0.25, 0.3) is 0 Å². The zero-order valence-electron chi connectivity index (χ0n) is 9.57. The first-order valence-electron chi connectivity index (χ1n) is 5.78.